The third kappa shape index (κ3) is 3.78. The molecule has 1 heterocycles. The summed E-state index contributed by atoms with van der Waals surface area (Å²) in [6.45, 7) is 11.1. The minimum Gasteiger partial charge on any atom is -0.342 e. The van der Waals surface area contributed by atoms with E-state index in [9.17, 15) is 4.79 Å². The first-order chi connectivity index (χ1) is 7.30. The number of amides is 1. The second-order valence-electron chi connectivity index (χ2n) is 6.09. The number of piperidine rings is 1. The second-order valence-corrected chi connectivity index (χ2v) is 6.09. The Morgan fingerprint density at radius 3 is 2.25 bits per heavy atom. The van der Waals surface area contributed by atoms with E-state index in [1.165, 1.54) is 0 Å². The SMILES string of the molecule is CC1CCN(C(=O)CN(C)C(C)(C)C)CC1. The van der Waals surface area contributed by atoms with E-state index < -0.39 is 0 Å². The molecule has 0 unspecified atom stereocenters. The molecule has 1 aliphatic rings. The van der Waals surface area contributed by atoms with Crippen molar-refractivity contribution in [2.24, 2.45) is 5.92 Å². The van der Waals surface area contributed by atoms with Gasteiger partial charge in [-0.25, -0.2) is 0 Å². The molecule has 0 N–H and O–H groups in total. The number of carbonyl (C=O) groups is 1. The molecule has 0 radical (unpaired) electrons. The molecule has 0 aromatic carbocycles. The van der Waals surface area contributed by atoms with E-state index in [-0.39, 0.29) is 11.4 Å². The van der Waals surface area contributed by atoms with Crippen LogP contribution in [0.2, 0.25) is 0 Å². The van der Waals surface area contributed by atoms with Gasteiger partial charge in [0.05, 0.1) is 6.54 Å². The number of hydrogen-bond donors (Lipinski definition) is 0. The molecule has 1 amide bonds. The third-order valence-corrected chi connectivity index (χ3v) is 3.65. The number of nitrogens with zero attached hydrogens (tertiary/aromatic N) is 2. The normalized spacial score (nSPS) is 19.2. The smallest absolute Gasteiger partial charge is 0.236 e. The van der Waals surface area contributed by atoms with Crippen molar-refractivity contribution in [1.29, 1.82) is 0 Å². The fourth-order valence-electron chi connectivity index (χ4n) is 1.80. The van der Waals surface area contributed by atoms with Crippen molar-refractivity contribution in [3.05, 3.63) is 0 Å². The number of hydrogen-bond acceptors (Lipinski definition) is 2. The Morgan fingerprint density at radius 1 is 1.31 bits per heavy atom. The van der Waals surface area contributed by atoms with Crippen LogP contribution in [0.25, 0.3) is 0 Å². The van der Waals surface area contributed by atoms with Crippen LogP contribution in [-0.4, -0.2) is 47.9 Å². The lowest BCUT2D eigenvalue weighted by Crippen LogP contribution is -2.47. The van der Waals surface area contributed by atoms with Crippen LogP contribution in [0.5, 0.6) is 0 Å². The van der Waals surface area contributed by atoms with Gasteiger partial charge in [-0.3, -0.25) is 9.69 Å². The van der Waals surface area contributed by atoms with Crippen LogP contribution in [0.4, 0.5) is 0 Å². The molecule has 0 bridgehead atoms. The summed E-state index contributed by atoms with van der Waals surface area (Å²) >= 11 is 0. The van der Waals surface area contributed by atoms with Gasteiger partial charge in [0.15, 0.2) is 0 Å². The van der Waals surface area contributed by atoms with Crippen molar-refractivity contribution in [3.8, 4) is 0 Å². The minimum atomic E-state index is 0.0682. The van der Waals surface area contributed by atoms with Crippen LogP contribution >= 0.6 is 0 Å². The van der Waals surface area contributed by atoms with Crippen molar-refractivity contribution in [2.75, 3.05) is 26.7 Å². The van der Waals surface area contributed by atoms with Crippen molar-refractivity contribution in [1.82, 2.24) is 9.80 Å². The predicted molar refractivity (Wildman–Crippen MR) is 67.4 cm³/mol. The van der Waals surface area contributed by atoms with E-state index in [1.54, 1.807) is 0 Å². The topological polar surface area (TPSA) is 23.6 Å². The standard InChI is InChI=1S/C13H26N2O/c1-11-6-8-15(9-7-11)12(16)10-14(5)13(2,3)4/h11H,6-10H2,1-5H3. The average molecular weight is 226 g/mol. The van der Waals surface area contributed by atoms with Gasteiger partial charge in [0.1, 0.15) is 0 Å². The highest BCUT2D eigenvalue weighted by molar-refractivity contribution is 5.78. The van der Waals surface area contributed by atoms with E-state index in [0.717, 1.165) is 31.8 Å². The summed E-state index contributed by atoms with van der Waals surface area (Å²) in [6.07, 6.45) is 2.32. The largest absolute Gasteiger partial charge is 0.342 e. The molecule has 1 aliphatic heterocycles. The molecule has 0 aromatic rings. The van der Waals surface area contributed by atoms with E-state index >= 15 is 0 Å². The zero-order valence-electron chi connectivity index (χ0n) is 11.4. The zero-order chi connectivity index (χ0) is 12.3. The molecule has 0 aromatic heterocycles. The summed E-state index contributed by atoms with van der Waals surface area (Å²) < 4.78 is 0. The summed E-state index contributed by atoms with van der Waals surface area (Å²) in [6, 6.07) is 0. The zero-order valence-corrected chi connectivity index (χ0v) is 11.4. The van der Waals surface area contributed by atoms with Gasteiger partial charge in [-0.2, -0.15) is 0 Å². The molecule has 0 saturated carbocycles. The predicted octanol–water partition coefficient (Wildman–Crippen LogP) is 1.98. The molecule has 0 aliphatic carbocycles. The summed E-state index contributed by atoms with van der Waals surface area (Å²) in [5.41, 5.74) is 0.0682. The molecule has 94 valence electrons. The maximum Gasteiger partial charge on any atom is 0.236 e. The summed E-state index contributed by atoms with van der Waals surface area (Å²) in [5.74, 6) is 1.06. The maximum absolute atomic E-state index is 12.0. The highest BCUT2D eigenvalue weighted by Gasteiger charge is 2.24. The Kier molecular flexibility index (Phi) is 4.36. The van der Waals surface area contributed by atoms with Crippen molar-refractivity contribution < 1.29 is 4.79 Å². The molecule has 1 rings (SSSR count). The Balaban J connectivity index is 2.41. The van der Waals surface area contributed by atoms with Gasteiger partial charge in [-0.05, 0) is 46.6 Å². The van der Waals surface area contributed by atoms with Crippen LogP contribution in [0.3, 0.4) is 0 Å². The van der Waals surface area contributed by atoms with Crippen LogP contribution in [-0.2, 0) is 4.79 Å². The van der Waals surface area contributed by atoms with Crippen LogP contribution in [0.1, 0.15) is 40.5 Å². The Labute approximate surface area is 99.8 Å². The first-order valence-corrected chi connectivity index (χ1v) is 6.29. The third-order valence-electron chi connectivity index (χ3n) is 3.65. The van der Waals surface area contributed by atoms with Crippen molar-refractivity contribution in [2.45, 2.75) is 46.1 Å². The van der Waals surface area contributed by atoms with E-state index in [4.69, 9.17) is 0 Å². The minimum absolute atomic E-state index is 0.0682. The van der Waals surface area contributed by atoms with Gasteiger partial charge in [-0.1, -0.05) is 6.92 Å². The van der Waals surface area contributed by atoms with Gasteiger partial charge in [0, 0.05) is 18.6 Å². The maximum atomic E-state index is 12.0. The quantitative estimate of drug-likeness (QED) is 0.719. The monoisotopic (exact) mass is 226 g/mol. The van der Waals surface area contributed by atoms with Gasteiger partial charge in [0.25, 0.3) is 0 Å². The number of carbonyl (C=O) groups excluding carboxylic acids is 1. The van der Waals surface area contributed by atoms with Gasteiger partial charge in [-0.15, -0.1) is 0 Å². The molecule has 1 fully saturated rings. The molecule has 0 spiro atoms. The highest BCUT2D eigenvalue weighted by Crippen LogP contribution is 2.17. The van der Waals surface area contributed by atoms with Gasteiger partial charge in [0.2, 0.25) is 5.91 Å². The number of likely N-dealkylation sites (tertiary alicyclic amines) is 1. The van der Waals surface area contributed by atoms with Crippen LogP contribution in [0, 0.1) is 5.92 Å². The Bertz CT molecular complexity index is 237. The van der Waals surface area contributed by atoms with Crippen molar-refractivity contribution >= 4 is 5.91 Å². The summed E-state index contributed by atoms with van der Waals surface area (Å²) in [5, 5.41) is 0. The van der Waals surface area contributed by atoms with Gasteiger partial charge < -0.3 is 4.90 Å². The summed E-state index contributed by atoms with van der Waals surface area (Å²) in [7, 11) is 2.02. The molecular formula is C13H26N2O. The van der Waals surface area contributed by atoms with Crippen LogP contribution in [0.15, 0.2) is 0 Å². The number of likely N-dealkylation sites (N-methyl/N-ethyl adjacent to an activating group) is 1. The first kappa shape index (κ1) is 13.5. The molecule has 1 saturated heterocycles. The second kappa shape index (κ2) is 5.17. The first-order valence-electron chi connectivity index (χ1n) is 6.29. The molecule has 3 heteroatoms. The molecule has 16 heavy (non-hydrogen) atoms. The lowest BCUT2D eigenvalue weighted by molar-refractivity contribution is -0.134. The lowest BCUT2D eigenvalue weighted by Gasteiger charge is -2.35. The lowest BCUT2D eigenvalue weighted by atomic mass is 9.99. The highest BCUT2D eigenvalue weighted by atomic mass is 16.2. The van der Waals surface area contributed by atoms with E-state index in [2.05, 4.69) is 32.6 Å². The fourth-order valence-corrected chi connectivity index (χ4v) is 1.80. The molecule has 3 nitrogen and oxygen atoms in total. The van der Waals surface area contributed by atoms with Gasteiger partial charge >= 0.3 is 0 Å². The molecular weight excluding hydrogens is 200 g/mol. The Morgan fingerprint density at radius 2 is 1.81 bits per heavy atom. The van der Waals surface area contributed by atoms with Crippen LogP contribution < -0.4 is 0 Å². The van der Waals surface area contributed by atoms with E-state index in [0.29, 0.717) is 6.54 Å². The average Bonchev–Trinajstić information content (AvgIpc) is 2.17. The van der Waals surface area contributed by atoms with Crippen molar-refractivity contribution in [3.63, 3.8) is 0 Å². The van der Waals surface area contributed by atoms with E-state index in [1.807, 2.05) is 11.9 Å². The number of rotatable bonds is 2. The Hall–Kier alpha value is -0.570. The fraction of sp³-hybridized carbons (Fsp3) is 0.923. The molecule has 0 atom stereocenters. The summed E-state index contributed by atoms with van der Waals surface area (Å²) in [4.78, 5) is 16.2.